The van der Waals surface area contributed by atoms with E-state index in [0.29, 0.717) is 5.92 Å². The summed E-state index contributed by atoms with van der Waals surface area (Å²) in [5.41, 5.74) is 5.17. The highest BCUT2D eigenvalue weighted by Crippen LogP contribution is 2.49. The quantitative estimate of drug-likeness (QED) is 0.332. The molecule has 0 aromatic heterocycles. The van der Waals surface area contributed by atoms with Crippen molar-refractivity contribution >= 4 is 17.7 Å². The summed E-state index contributed by atoms with van der Waals surface area (Å²) in [6.45, 7) is 2.33. The van der Waals surface area contributed by atoms with E-state index in [4.69, 9.17) is 4.40 Å². The van der Waals surface area contributed by atoms with E-state index >= 15 is 0 Å². The van der Waals surface area contributed by atoms with Gasteiger partial charge in [0.2, 0.25) is 0 Å². The van der Waals surface area contributed by atoms with Crippen LogP contribution >= 0.6 is 11.9 Å². The first kappa shape index (κ1) is 19.0. The van der Waals surface area contributed by atoms with Gasteiger partial charge < -0.3 is 0 Å². The molecule has 0 radical (unpaired) electrons. The molecule has 28 heavy (non-hydrogen) atoms. The Kier molecular flexibility index (Phi) is 5.97. The molecule has 3 aromatic carbocycles. The topological polar surface area (TPSA) is 12.4 Å². The molecule has 1 saturated carbocycles. The van der Waals surface area contributed by atoms with Crippen molar-refractivity contribution < 1.29 is 0 Å². The lowest BCUT2D eigenvalue weighted by Gasteiger charge is -2.34. The molecule has 0 bridgehead atoms. The molecule has 4 rings (SSSR count). The zero-order valence-corrected chi connectivity index (χ0v) is 17.2. The van der Waals surface area contributed by atoms with Gasteiger partial charge >= 0.3 is 0 Å². The SMILES string of the molecule is CC1CCCC/C1=N/SC(c1ccccc1)(c1ccccc1)c1ccccc1. The van der Waals surface area contributed by atoms with Crippen LogP contribution in [-0.2, 0) is 4.75 Å². The van der Waals surface area contributed by atoms with Crippen molar-refractivity contribution in [1.29, 1.82) is 0 Å². The average Bonchev–Trinajstić information content (AvgIpc) is 2.78. The van der Waals surface area contributed by atoms with E-state index in [2.05, 4.69) is 97.9 Å². The molecular formula is C26H27NS. The number of nitrogens with zero attached hydrogens (tertiary/aromatic N) is 1. The third kappa shape index (κ3) is 3.79. The van der Waals surface area contributed by atoms with Gasteiger partial charge in [-0.3, -0.25) is 0 Å². The van der Waals surface area contributed by atoms with Crippen LogP contribution in [-0.4, -0.2) is 5.71 Å². The molecule has 142 valence electrons. The van der Waals surface area contributed by atoms with Crippen LogP contribution in [0.15, 0.2) is 95.4 Å². The number of hydrogen-bond donors (Lipinski definition) is 0. The highest BCUT2D eigenvalue weighted by Gasteiger charge is 2.38. The van der Waals surface area contributed by atoms with Gasteiger partial charge in [-0.1, -0.05) is 104 Å². The first-order valence-electron chi connectivity index (χ1n) is 10.2. The van der Waals surface area contributed by atoms with Crippen molar-refractivity contribution in [3.05, 3.63) is 108 Å². The van der Waals surface area contributed by atoms with Crippen molar-refractivity contribution in [2.45, 2.75) is 37.4 Å². The van der Waals surface area contributed by atoms with Crippen LogP contribution in [0, 0.1) is 5.92 Å². The highest BCUT2D eigenvalue weighted by molar-refractivity contribution is 7.99. The first-order valence-corrected chi connectivity index (χ1v) is 11.0. The summed E-state index contributed by atoms with van der Waals surface area (Å²) in [5.74, 6) is 0.585. The zero-order valence-electron chi connectivity index (χ0n) is 16.4. The maximum absolute atomic E-state index is 5.20. The number of rotatable bonds is 5. The lowest BCUT2D eigenvalue weighted by Crippen LogP contribution is -2.25. The minimum Gasteiger partial charge on any atom is -0.224 e. The molecule has 1 fully saturated rings. The fraction of sp³-hybridized carbons (Fsp3) is 0.269. The van der Waals surface area contributed by atoms with Crippen LogP contribution in [0.2, 0.25) is 0 Å². The Morgan fingerprint density at radius 3 is 1.61 bits per heavy atom. The smallest absolute Gasteiger partial charge is 0.112 e. The highest BCUT2D eigenvalue weighted by atomic mass is 32.2. The molecule has 0 aliphatic heterocycles. The molecule has 0 amide bonds. The van der Waals surface area contributed by atoms with Crippen molar-refractivity contribution in [3.63, 3.8) is 0 Å². The summed E-state index contributed by atoms with van der Waals surface area (Å²) < 4.78 is 4.85. The predicted octanol–water partition coefficient (Wildman–Crippen LogP) is 7.28. The zero-order chi connectivity index (χ0) is 19.2. The van der Waals surface area contributed by atoms with E-state index in [1.807, 2.05) is 0 Å². The van der Waals surface area contributed by atoms with E-state index in [-0.39, 0.29) is 4.75 Å². The average molecular weight is 386 g/mol. The van der Waals surface area contributed by atoms with Gasteiger partial charge in [0.1, 0.15) is 4.75 Å². The maximum Gasteiger partial charge on any atom is 0.112 e. The number of hydrogen-bond acceptors (Lipinski definition) is 2. The Labute approximate surface area is 173 Å². The van der Waals surface area contributed by atoms with Crippen LogP contribution < -0.4 is 0 Å². The van der Waals surface area contributed by atoms with Crippen molar-refractivity contribution in [3.8, 4) is 0 Å². The number of benzene rings is 3. The van der Waals surface area contributed by atoms with E-state index in [0.717, 1.165) is 6.42 Å². The Morgan fingerprint density at radius 2 is 1.18 bits per heavy atom. The minimum atomic E-state index is -0.353. The van der Waals surface area contributed by atoms with Crippen molar-refractivity contribution in [2.75, 3.05) is 0 Å². The molecule has 1 nitrogen and oxygen atoms in total. The summed E-state index contributed by atoms with van der Waals surface area (Å²) in [4.78, 5) is 0. The Hall–Kier alpha value is -2.32. The third-order valence-electron chi connectivity index (χ3n) is 5.73. The fourth-order valence-corrected chi connectivity index (χ4v) is 5.36. The second-order valence-electron chi connectivity index (χ2n) is 7.60. The standard InChI is InChI=1S/C26H27NS/c1-21-13-11-12-20-25(21)27-28-26(22-14-5-2-6-15-22,23-16-7-3-8-17-23)24-18-9-4-10-19-24/h2-10,14-19,21H,11-13,20H2,1H3/b27-25-. The fourth-order valence-electron chi connectivity index (χ4n) is 4.11. The molecule has 1 unspecified atom stereocenters. The second kappa shape index (κ2) is 8.79. The van der Waals surface area contributed by atoms with E-state index in [1.165, 1.54) is 41.7 Å². The predicted molar refractivity (Wildman–Crippen MR) is 122 cm³/mol. The Balaban J connectivity index is 1.89. The van der Waals surface area contributed by atoms with Gasteiger partial charge in [0.15, 0.2) is 0 Å². The van der Waals surface area contributed by atoms with Gasteiger partial charge in [0, 0.05) is 5.71 Å². The van der Waals surface area contributed by atoms with Crippen LogP contribution in [0.4, 0.5) is 0 Å². The molecule has 0 heterocycles. The minimum absolute atomic E-state index is 0.353. The maximum atomic E-state index is 5.20. The molecule has 1 aliphatic rings. The summed E-state index contributed by atoms with van der Waals surface area (Å²) in [6.07, 6.45) is 4.97. The molecule has 0 spiro atoms. The van der Waals surface area contributed by atoms with Gasteiger partial charge in [-0.2, -0.15) is 0 Å². The van der Waals surface area contributed by atoms with Crippen LogP contribution in [0.25, 0.3) is 0 Å². The largest absolute Gasteiger partial charge is 0.224 e. The van der Waals surface area contributed by atoms with E-state index in [1.54, 1.807) is 11.9 Å². The van der Waals surface area contributed by atoms with Crippen molar-refractivity contribution in [1.82, 2.24) is 0 Å². The summed E-state index contributed by atoms with van der Waals surface area (Å²) >= 11 is 1.73. The van der Waals surface area contributed by atoms with E-state index in [9.17, 15) is 0 Å². The van der Waals surface area contributed by atoms with Crippen LogP contribution in [0.1, 0.15) is 49.3 Å². The second-order valence-corrected chi connectivity index (χ2v) is 8.58. The molecule has 1 aliphatic carbocycles. The normalized spacial score (nSPS) is 18.9. The van der Waals surface area contributed by atoms with Gasteiger partial charge in [0.05, 0.1) is 0 Å². The molecule has 1 atom stereocenters. The van der Waals surface area contributed by atoms with Gasteiger partial charge in [-0.15, -0.1) is 0 Å². The van der Waals surface area contributed by atoms with Crippen molar-refractivity contribution in [2.24, 2.45) is 10.3 Å². The monoisotopic (exact) mass is 385 g/mol. The van der Waals surface area contributed by atoms with Crippen LogP contribution in [0.5, 0.6) is 0 Å². The summed E-state index contributed by atoms with van der Waals surface area (Å²) in [6, 6.07) is 32.5. The molecule has 2 heteroatoms. The summed E-state index contributed by atoms with van der Waals surface area (Å²) in [5, 5.41) is 0. The lowest BCUT2D eigenvalue weighted by atomic mass is 9.84. The van der Waals surface area contributed by atoms with Crippen LogP contribution in [0.3, 0.4) is 0 Å². The third-order valence-corrected chi connectivity index (χ3v) is 7.04. The Bertz CT molecular complexity index is 806. The Morgan fingerprint density at radius 1 is 0.714 bits per heavy atom. The summed E-state index contributed by atoms with van der Waals surface area (Å²) in [7, 11) is 0. The molecular weight excluding hydrogens is 358 g/mol. The lowest BCUT2D eigenvalue weighted by molar-refractivity contribution is 0.561. The van der Waals surface area contributed by atoms with Gasteiger partial charge in [-0.05, 0) is 53.8 Å². The molecule has 3 aromatic rings. The molecule has 0 N–H and O–H groups in total. The van der Waals surface area contributed by atoms with E-state index < -0.39 is 0 Å². The van der Waals surface area contributed by atoms with Gasteiger partial charge in [0.25, 0.3) is 0 Å². The first-order chi connectivity index (χ1) is 13.8. The van der Waals surface area contributed by atoms with Gasteiger partial charge in [-0.25, -0.2) is 4.40 Å². The molecule has 0 saturated heterocycles.